The van der Waals surface area contributed by atoms with Crippen LogP contribution < -0.4 is 5.32 Å². The molecule has 0 amide bonds. The molecule has 16 heavy (non-hydrogen) atoms. The summed E-state index contributed by atoms with van der Waals surface area (Å²) in [4.78, 5) is 4.93. The minimum Gasteiger partial charge on any atom is -0.314 e. The van der Waals surface area contributed by atoms with Gasteiger partial charge in [-0.15, -0.1) is 0 Å². The molecule has 1 saturated carbocycles. The number of hydrogen-bond acceptors (Lipinski definition) is 3. The summed E-state index contributed by atoms with van der Waals surface area (Å²) in [6.45, 7) is 6.32. The number of hydrogen-bond donors (Lipinski definition) is 1. The first-order valence-corrected chi connectivity index (χ1v) is 6.84. The molecule has 2 fully saturated rings. The Balaban J connectivity index is 1.62. The summed E-state index contributed by atoms with van der Waals surface area (Å²) in [6.07, 6.45) is 5.65. The lowest BCUT2D eigenvalue weighted by molar-refractivity contribution is 0.160. The first-order valence-electron chi connectivity index (χ1n) is 6.84. The van der Waals surface area contributed by atoms with E-state index in [0.29, 0.717) is 0 Å². The average Bonchev–Trinajstić information content (AvgIpc) is 3.08. The molecule has 0 aromatic carbocycles. The number of likely N-dealkylation sites (tertiary alicyclic amines) is 1. The Kier molecular flexibility index (Phi) is 4.62. The second-order valence-electron chi connectivity index (χ2n) is 5.79. The molecule has 2 aliphatic rings. The van der Waals surface area contributed by atoms with Gasteiger partial charge in [0.25, 0.3) is 0 Å². The molecule has 1 unspecified atom stereocenters. The summed E-state index contributed by atoms with van der Waals surface area (Å²) >= 11 is 0. The fraction of sp³-hybridized carbons (Fsp3) is 1.00. The van der Waals surface area contributed by atoms with Crippen molar-refractivity contribution in [3.05, 3.63) is 0 Å². The quantitative estimate of drug-likeness (QED) is 0.728. The van der Waals surface area contributed by atoms with Gasteiger partial charge in [0.1, 0.15) is 0 Å². The minimum atomic E-state index is 0.872. The molecule has 1 heterocycles. The van der Waals surface area contributed by atoms with E-state index in [4.69, 9.17) is 0 Å². The van der Waals surface area contributed by atoms with E-state index in [9.17, 15) is 0 Å². The van der Waals surface area contributed by atoms with E-state index in [2.05, 4.69) is 29.2 Å². The van der Waals surface area contributed by atoms with Crippen LogP contribution in [0.2, 0.25) is 0 Å². The third-order valence-electron chi connectivity index (χ3n) is 3.74. The van der Waals surface area contributed by atoms with Crippen LogP contribution in [0.5, 0.6) is 0 Å². The highest BCUT2D eigenvalue weighted by Crippen LogP contribution is 2.21. The molecule has 0 aromatic rings. The van der Waals surface area contributed by atoms with Crippen LogP contribution in [-0.2, 0) is 0 Å². The Labute approximate surface area is 100 Å². The Morgan fingerprint density at radius 2 is 2.06 bits per heavy atom. The van der Waals surface area contributed by atoms with Crippen LogP contribution in [0.4, 0.5) is 0 Å². The van der Waals surface area contributed by atoms with Crippen LogP contribution in [0.25, 0.3) is 0 Å². The highest BCUT2D eigenvalue weighted by molar-refractivity contribution is 4.83. The van der Waals surface area contributed by atoms with Crippen LogP contribution in [0.3, 0.4) is 0 Å². The highest BCUT2D eigenvalue weighted by atomic mass is 15.2. The molecular weight excluding hydrogens is 198 g/mol. The van der Waals surface area contributed by atoms with E-state index in [1.54, 1.807) is 0 Å². The third-order valence-corrected chi connectivity index (χ3v) is 3.74. The van der Waals surface area contributed by atoms with Gasteiger partial charge in [-0.3, -0.25) is 0 Å². The number of piperidine rings is 1. The van der Waals surface area contributed by atoms with E-state index < -0.39 is 0 Å². The zero-order valence-corrected chi connectivity index (χ0v) is 10.9. The predicted molar refractivity (Wildman–Crippen MR) is 68.7 cm³/mol. The van der Waals surface area contributed by atoms with Crippen LogP contribution in [-0.4, -0.2) is 62.7 Å². The second kappa shape index (κ2) is 5.99. The minimum absolute atomic E-state index is 0.872. The molecule has 0 aromatic heterocycles. The van der Waals surface area contributed by atoms with Crippen LogP contribution in [0, 0.1) is 5.92 Å². The van der Waals surface area contributed by atoms with Crippen molar-refractivity contribution in [3.63, 3.8) is 0 Å². The van der Waals surface area contributed by atoms with Crippen molar-refractivity contribution in [1.29, 1.82) is 0 Å². The van der Waals surface area contributed by atoms with Crippen LogP contribution in [0.1, 0.15) is 25.7 Å². The molecule has 1 N–H and O–H groups in total. The highest BCUT2D eigenvalue weighted by Gasteiger charge is 2.24. The molecule has 1 aliphatic heterocycles. The summed E-state index contributed by atoms with van der Waals surface area (Å²) in [5, 5.41) is 3.67. The van der Waals surface area contributed by atoms with Gasteiger partial charge in [0.15, 0.2) is 0 Å². The molecular formula is C13H27N3. The third kappa shape index (κ3) is 4.40. The van der Waals surface area contributed by atoms with Gasteiger partial charge in [-0.25, -0.2) is 0 Å². The summed E-state index contributed by atoms with van der Waals surface area (Å²) in [5.74, 6) is 0.900. The monoisotopic (exact) mass is 225 g/mol. The second-order valence-corrected chi connectivity index (χ2v) is 5.79. The molecule has 1 aliphatic carbocycles. The van der Waals surface area contributed by atoms with Gasteiger partial charge in [0.2, 0.25) is 0 Å². The van der Waals surface area contributed by atoms with Gasteiger partial charge in [-0.2, -0.15) is 0 Å². The van der Waals surface area contributed by atoms with Crippen molar-refractivity contribution in [3.8, 4) is 0 Å². The van der Waals surface area contributed by atoms with Crippen molar-refractivity contribution in [2.45, 2.75) is 31.7 Å². The smallest absolute Gasteiger partial charge is 0.0109 e. The van der Waals surface area contributed by atoms with E-state index in [-0.39, 0.29) is 0 Å². The van der Waals surface area contributed by atoms with Gasteiger partial charge in [-0.05, 0) is 58.8 Å². The first kappa shape index (κ1) is 12.3. The molecule has 1 atom stereocenters. The fourth-order valence-corrected chi connectivity index (χ4v) is 2.48. The number of likely N-dealkylation sites (N-methyl/N-ethyl adjacent to an activating group) is 1. The van der Waals surface area contributed by atoms with E-state index in [1.807, 2.05) is 0 Å². The Morgan fingerprint density at radius 1 is 1.25 bits per heavy atom. The molecule has 0 radical (unpaired) electrons. The number of nitrogens with one attached hydrogen (secondary N) is 1. The largest absolute Gasteiger partial charge is 0.314 e. The van der Waals surface area contributed by atoms with Crippen LogP contribution in [0.15, 0.2) is 0 Å². The van der Waals surface area contributed by atoms with E-state index in [1.165, 1.54) is 58.4 Å². The van der Waals surface area contributed by atoms with Crippen molar-refractivity contribution in [2.24, 2.45) is 5.92 Å². The zero-order chi connectivity index (χ0) is 11.4. The standard InChI is InChI=1S/C13H27N3/c1-15(2)8-9-16-7-3-4-12(11-16)10-14-13-5-6-13/h12-14H,3-11H2,1-2H3. The summed E-state index contributed by atoms with van der Waals surface area (Å²) in [6, 6.07) is 0.872. The van der Waals surface area contributed by atoms with Crippen molar-refractivity contribution in [1.82, 2.24) is 15.1 Å². The zero-order valence-electron chi connectivity index (χ0n) is 10.9. The predicted octanol–water partition coefficient (Wildman–Crippen LogP) is 1.01. The molecule has 3 heteroatoms. The molecule has 3 nitrogen and oxygen atoms in total. The van der Waals surface area contributed by atoms with Crippen LogP contribution >= 0.6 is 0 Å². The summed E-state index contributed by atoms with van der Waals surface area (Å²) in [5.41, 5.74) is 0. The normalized spacial score (nSPS) is 27.6. The lowest BCUT2D eigenvalue weighted by Crippen LogP contribution is -2.42. The Morgan fingerprint density at radius 3 is 2.75 bits per heavy atom. The summed E-state index contributed by atoms with van der Waals surface area (Å²) < 4.78 is 0. The lowest BCUT2D eigenvalue weighted by Gasteiger charge is -2.33. The topological polar surface area (TPSA) is 18.5 Å². The van der Waals surface area contributed by atoms with Gasteiger partial charge in [-0.1, -0.05) is 0 Å². The van der Waals surface area contributed by atoms with E-state index >= 15 is 0 Å². The first-order chi connectivity index (χ1) is 7.74. The number of nitrogens with zero attached hydrogens (tertiary/aromatic N) is 2. The van der Waals surface area contributed by atoms with Gasteiger partial charge < -0.3 is 15.1 Å². The maximum Gasteiger partial charge on any atom is 0.0109 e. The molecule has 0 spiro atoms. The molecule has 2 rings (SSSR count). The molecule has 94 valence electrons. The van der Waals surface area contributed by atoms with Gasteiger partial charge >= 0.3 is 0 Å². The van der Waals surface area contributed by atoms with Gasteiger partial charge in [0.05, 0.1) is 0 Å². The average molecular weight is 225 g/mol. The van der Waals surface area contributed by atoms with Crippen molar-refractivity contribution >= 4 is 0 Å². The lowest BCUT2D eigenvalue weighted by atomic mass is 9.98. The summed E-state index contributed by atoms with van der Waals surface area (Å²) in [7, 11) is 4.33. The fourth-order valence-electron chi connectivity index (χ4n) is 2.48. The SMILES string of the molecule is CN(C)CCN1CCCC(CNC2CC2)C1. The maximum atomic E-state index is 3.67. The molecule has 1 saturated heterocycles. The molecule has 0 bridgehead atoms. The Bertz CT molecular complexity index is 189. The van der Waals surface area contributed by atoms with Gasteiger partial charge in [0, 0.05) is 25.7 Å². The van der Waals surface area contributed by atoms with Crippen molar-refractivity contribution in [2.75, 3.05) is 46.8 Å². The maximum absolute atomic E-state index is 3.67. The Hall–Kier alpha value is -0.120. The van der Waals surface area contributed by atoms with Crippen molar-refractivity contribution < 1.29 is 0 Å². The van der Waals surface area contributed by atoms with E-state index in [0.717, 1.165) is 12.0 Å². The number of rotatable bonds is 6.